The predicted octanol–water partition coefficient (Wildman–Crippen LogP) is 5.27. The SMILES string of the molecule is O=Cc1cccc(-c2ccc(-c3ccc4cc3N=N4)cc2)c1O. The van der Waals surface area contributed by atoms with E-state index in [1.165, 1.54) is 0 Å². The number of carbonyl (C=O) groups is 1. The molecule has 110 valence electrons. The monoisotopic (exact) mass is 300 g/mol. The number of aromatic hydroxyl groups is 1. The molecule has 1 N–H and O–H groups in total. The quantitative estimate of drug-likeness (QED) is 0.524. The van der Waals surface area contributed by atoms with Gasteiger partial charge in [-0.15, -0.1) is 5.11 Å². The fourth-order valence-corrected chi connectivity index (χ4v) is 2.74. The van der Waals surface area contributed by atoms with Gasteiger partial charge in [-0.1, -0.05) is 36.4 Å². The Morgan fingerprint density at radius 3 is 2.30 bits per heavy atom. The van der Waals surface area contributed by atoms with E-state index in [1.54, 1.807) is 18.2 Å². The Balaban J connectivity index is 1.75. The molecule has 0 spiro atoms. The van der Waals surface area contributed by atoms with Gasteiger partial charge in [-0.3, -0.25) is 4.79 Å². The van der Waals surface area contributed by atoms with Gasteiger partial charge in [-0.2, -0.15) is 5.11 Å². The summed E-state index contributed by atoms with van der Waals surface area (Å²) < 4.78 is 0. The van der Waals surface area contributed by atoms with Crippen molar-refractivity contribution in [1.29, 1.82) is 0 Å². The molecule has 3 aromatic carbocycles. The lowest BCUT2D eigenvalue weighted by Gasteiger charge is -2.08. The highest BCUT2D eigenvalue weighted by molar-refractivity contribution is 5.86. The molecule has 1 heterocycles. The van der Waals surface area contributed by atoms with Crippen molar-refractivity contribution in [2.45, 2.75) is 0 Å². The summed E-state index contributed by atoms with van der Waals surface area (Å²) in [6.45, 7) is 0. The minimum Gasteiger partial charge on any atom is -0.507 e. The third-order valence-electron chi connectivity index (χ3n) is 3.96. The van der Waals surface area contributed by atoms with Crippen molar-refractivity contribution in [3.8, 4) is 28.0 Å². The standard InChI is InChI=1S/C19H12N2O2/c22-11-14-2-1-3-17(19(14)23)13-6-4-12(5-7-13)16-9-8-15-10-18(16)21-20-15/h1-11,23H. The van der Waals surface area contributed by atoms with Gasteiger partial charge >= 0.3 is 0 Å². The molecule has 0 aliphatic carbocycles. The molecular formula is C19H12N2O2. The second kappa shape index (κ2) is 5.18. The number of rotatable bonds is 3. The number of phenolic OH excluding ortho intramolecular Hbond substituents is 1. The van der Waals surface area contributed by atoms with Crippen molar-refractivity contribution in [2.24, 2.45) is 10.2 Å². The average Bonchev–Trinajstić information content (AvgIpc) is 2.97. The van der Waals surface area contributed by atoms with Crippen LogP contribution >= 0.6 is 0 Å². The van der Waals surface area contributed by atoms with Crippen LogP contribution in [0.2, 0.25) is 0 Å². The molecule has 0 saturated heterocycles. The molecule has 0 amide bonds. The van der Waals surface area contributed by atoms with Crippen LogP contribution in [0.1, 0.15) is 10.4 Å². The van der Waals surface area contributed by atoms with Crippen LogP contribution < -0.4 is 0 Å². The lowest BCUT2D eigenvalue weighted by Crippen LogP contribution is -1.86. The number of aldehydes is 1. The van der Waals surface area contributed by atoms with Crippen molar-refractivity contribution in [2.75, 3.05) is 0 Å². The van der Waals surface area contributed by atoms with E-state index in [4.69, 9.17) is 0 Å². The van der Waals surface area contributed by atoms with E-state index in [0.29, 0.717) is 11.8 Å². The number of hydrogen-bond donors (Lipinski definition) is 1. The molecule has 0 atom stereocenters. The number of para-hydroxylation sites is 1. The van der Waals surface area contributed by atoms with Gasteiger partial charge in [0.25, 0.3) is 0 Å². The number of hydrogen-bond acceptors (Lipinski definition) is 4. The summed E-state index contributed by atoms with van der Waals surface area (Å²) in [6.07, 6.45) is 0.654. The minimum atomic E-state index is 0.00649. The van der Waals surface area contributed by atoms with Crippen LogP contribution in [0.15, 0.2) is 70.9 Å². The van der Waals surface area contributed by atoms with Gasteiger partial charge in [-0.25, -0.2) is 0 Å². The zero-order valence-electron chi connectivity index (χ0n) is 12.1. The Kier molecular flexibility index (Phi) is 3.01. The highest BCUT2D eigenvalue weighted by Gasteiger charge is 2.12. The number of fused-ring (bicyclic) bond motifs is 2. The maximum absolute atomic E-state index is 10.9. The number of benzene rings is 3. The van der Waals surface area contributed by atoms with Crippen LogP contribution in [-0.4, -0.2) is 11.4 Å². The van der Waals surface area contributed by atoms with Crippen LogP contribution in [0.4, 0.5) is 11.4 Å². The Hall–Kier alpha value is -3.27. The fraction of sp³-hybridized carbons (Fsp3) is 0. The zero-order valence-corrected chi connectivity index (χ0v) is 12.1. The lowest BCUT2D eigenvalue weighted by atomic mass is 9.98. The third-order valence-corrected chi connectivity index (χ3v) is 3.96. The third kappa shape index (κ3) is 2.21. The van der Waals surface area contributed by atoms with Crippen LogP contribution in [0.5, 0.6) is 5.75 Å². The van der Waals surface area contributed by atoms with Crippen LogP contribution in [0, 0.1) is 0 Å². The van der Waals surface area contributed by atoms with Crippen molar-refractivity contribution in [3.63, 3.8) is 0 Å². The molecule has 4 rings (SSSR count). The van der Waals surface area contributed by atoms with Crippen molar-refractivity contribution in [3.05, 3.63) is 66.2 Å². The van der Waals surface area contributed by atoms with Crippen molar-refractivity contribution in [1.82, 2.24) is 0 Å². The first-order valence-corrected chi connectivity index (χ1v) is 7.20. The molecule has 1 aliphatic heterocycles. The predicted molar refractivity (Wildman–Crippen MR) is 88.5 cm³/mol. The molecule has 4 nitrogen and oxygen atoms in total. The van der Waals surface area contributed by atoms with E-state index in [2.05, 4.69) is 10.2 Å². The Labute approximate surface area is 132 Å². The highest BCUT2D eigenvalue weighted by Crippen LogP contribution is 2.39. The molecule has 1 aliphatic rings. The first-order chi connectivity index (χ1) is 11.3. The van der Waals surface area contributed by atoms with Gasteiger partial charge in [0.1, 0.15) is 5.75 Å². The van der Waals surface area contributed by atoms with E-state index in [0.717, 1.165) is 28.1 Å². The Morgan fingerprint density at radius 2 is 1.57 bits per heavy atom. The van der Waals surface area contributed by atoms with Gasteiger partial charge < -0.3 is 5.11 Å². The van der Waals surface area contributed by atoms with Crippen LogP contribution in [-0.2, 0) is 0 Å². The summed E-state index contributed by atoms with van der Waals surface area (Å²) in [4.78, 5) is 10.9. The maximum Gasteiger partial charge on any atom is 0.153 e. The molecule has 23 heavy (non-hydrogen) atoms. The Morgan fingerprint density at radius 1 is 0.826 bits per heavy atom. The summed E-state index contributed by atoms with van der Waals surface area (Å²) in [5.41, 5.74) is 5.56. The maximum atomic E-state index is 10.9. The Bertz CT molecular complexity index is 944. The first-order valence-electron chi connectivity index (χ1n) is 7.20. The summed E-state index contributed by atoms with van der Waals surface area (Å²) in [5.74, 6) is 0.00649. The van der Waals surface area contributed by atoms with Gasteiger partial charge in [-0.05, 0) is 35.4 Å². The molecule has 0 saturated carbocycles. The van der Waals surface area contributed by atoms with Gasteiger partial charge in [0, 0.05) is 11.1 Å². The fourth-order valence-electron chi connectivity index (χ4n) is 2.74. The van der Waals surface area contributed by atoms with E-state index in [1.807, 2.05) is 42.5 Å². The number of nitrogens with zero attached hydrogens (tertiary/aromatic N) is 2. The lowest BCUT2D eigenvalue weighted by molar-refractivity contribution is 0.112. The number of carbonyl (C=O) groups excluding carboxylic acids is 1. The molecule has 0 unspecified atom stereocenters. The molecule has 4 heteroatoms. The van der Waals surface area contributed by atoms with Crippen LogP contribution in [0.3, 0.4) is 0 Å². The van der Waals surface area contributed by atoms with Gasteiger partial charge in [0.05, 0.1) is 16.9 Å². The van der Waals surface area contributed by atoms with Crippen molar-refractivity contribution >= 4 is 17.7 Å². The van der Waals surface area contributed by atoms with E-state index in [-0.39, 0.29) is 11.3 Å². The van der Waals surface area contributed by atoms with E-state index < -0.39 is 0 Å². The van der Waals surface area contributed by atoms with Gasteiger partial charge in [0.15, 0.2) is 6.29 Å². The second-order valence-corrected chi connectivity index (χ2v) is 5.34. The van der Waals surface area contributed by atoms with Crippen LogP contribution in [0.25, 0.3) is 22.3 Å². The van der Waals surface area contributed by atoms with E-state index >= 15 is 0 Å². The summed E-state index contributed by atoms with van der Waals surface area (Å²) in [6, 6.07) is 18.8. The summed E-state index contributed by atoms with van der Waals surface area (Å²) >= 11 is 0. The smallest absolute Gasteiger partial charge is 0.153 e. The average molecular weight is 300 g/mol. The molecular weight excluding hydrogens is 288 g/mol. The van der Waals surface area contributed by atoms with Gasteiger partial charge in [0.2, 0.25) is 0 Å². The zero-order chi connectivity index (χ0) is 15.8. The number of azo groups is 1. The summed E-state index contributed by atoms with van der Waals surface area (Å²) in [7, 11) is 0. The summed E-state index contributed by atoms with van der Waals surface area (Å²) in [5, 5.41) is 18.3. The molecule has 0 aromatic heterocycles. The molecule has 0 fully saturated rings. The molecule has 0 radical (unpaired) electrons. The van der Waals surface area contributed by atoms with Crippen molar-refractivity contribution < 1.29 is 9.90 Å². The van der Waals surface area contributed by atoms with E-state index in [9.17, 15) is 9.90 Å². The largest absolute Gasteiger partial charge is 0.507 e. The minimum absolute atomic E-state index is 0.00649. The second-order valence-electron chi connectivity index (χ2n) is 5.34. The molecule has 2 bridgehead atoms. The first kappa shape index (κ1) is 13.4. The highest BCUT2D eigenvalue weighted by atomic mass is 16.3. The normalized spacial score (nSPS) is 11.7. The number of phenols is 1. The molecule has 3 aromatic rings. The topological polar surface area (TPSA) is 62.0 Å².